The number of hydrazine groups is 1. The molecule has 0 saturated carbocycles. The molecule has 1 aliphatic carbocycles. The van der Waals surface area contributed by atoms with Gasteiger partial charge in [0.1, 0.15) is 5.54 Å². The van der Waals surface area contributed by atoms with E-state index in [0.717, 1.165) is 36.6 Å². The van der Waals surface area contributed by atoms with Crippen molar-refractivity contribution in [2.75, 3.05) is 6.61 Å². The van der Waals surface area contributed by atoms with Crippen molar-refractivity contribution < 1.29 is 23.9 Å². The maximum absolute atomic E-state index is 12.9. The zero-order valence-corrected chi connectivity index (χ0v) is 18.6. The maximum atomic E-state index is 12.9. The molecule has 2 heterocycles. The summed E-state index contributed by atoms with van der Waals surface area (Å²) < 4.78 is 5.15. The molecule has 0 radical (unpaired) electrons. The topological polar surface area (TPSA) is 121 Å². The van der Waals surface area contributed by atoms with Crippen LogP contribution in [0.15, 0.2) is 48.5 Å². The molecule has 2 aliphatic rings. The number of amides is 4. The molecule has 0 spiro atoms. The van der Waals surface area contributed by atoms with Crippen molar-refractivity contribution in [1.29, 1.82) is 0 Å². The summed E-state index contributed by atoms with van der Waals surface area (Å²) in [6.07, 6.45) is 4.22. The number of hydrogen-bond donors (Lipinski definition) is 3. The van der Waals surface area contributed by atoms with Gasteiger partial charge in [0.05, 0.1) is 5.56 Å². The zero-order chi connectivity index (χ0) is 23.9. The Morgan fingerprint density at radius 3 is 2.65 bits per heavy atom. The van der Waals surface area contributed by atoms with Gasteiger partial charge in [-0.15, -0.1) is 0 Å². The molecule has 0 bridgehead atoms. The van der Waals surface area contributed by atoms with E-state index in [0.29, 0.717) is 16.1 Å². The number of nitrogens with one attached hydrogen (secondary N) is 3. The number of ether oxygens (including phenoxy) is 1. The number of aromatic amines is 1. The van der Waals surface area contributed by atoms with Gasteiger partial charge >= 0.3 is 12.0 Å². The summed E-state index contributed by atoms with van der Waals surface area (Å²) in [5, 5.41) is 4.20. The number of aryl methyl sites for hydroxylation is 2. The number of aromatic nitrogens is 1. The second-order valence-corrected chi connectivity index (χ2v) is 8.72. The predicted octanol–water partition coefficient (Wildman–Crippen LogP) is 2.70. The Hall–Kier alpha value is -4.14. The van der Waals surface area contributed by atoms with E-state index in [4.69, 9.17) is 4.74 Å². The number of hydrogen-bond acceptors (Lipinski definition) is 5. The number of fused-ring (bicyclic) bond motifs is 3. The van der Waals surface area contributed by atoms with Crippen molar-refractivity contribution in [1.82, 2.24) is 20.7 Å². The van der Waals surface area contributed by atoms with Crippen LogP contribution < -0.4 is 10.7 Å². The Balaban J connectivity index is 1.23. The van der Waals surface area contributed by atoms with E-state index >= 15 is 0 Å². The van der Waals surface area contributed by atoms with Crippen LogP contribution in [-0.2, 0) is 32.7 Å². The van der Waals surface area contributed by atoms with Crippen molar-refractivity contribution in [2.24, 2.45) is 0 Å². The van der Waals surface area contributed by atoms with Gasteiger partial charge in [-0.3, -0.25) is 15.0 Å². The molecular formula is C25H24N4O5. The standard InChI is InChI=1S/C25H24N4O5/c1-25(16-7-3-2-4-8-16)23(32)29(24(33)27-25)28-21(30)14-34-22(31)15-11-12-20-18(13-15)17-9-5-6-10-19(17)26-20/h2-4,7-8,11-13,26H,5-6,9-10,14H2,1H3,(H,27,33)(H,28,30)/t25-/m1/s1. The van der Waals surface area contributed by atoms with E-state index in [1.807, 2.05) is 6.07 Å². The fourth-order valence-corrected chi connectivity index (χ4v) is 4.61. The lowest BCUT2D eigenvalue weighted by Gasteiger charge is -2.22. The molecule has 3 aromatic rings. The van der Waals surface area contributed by atoms with E-state index in [-0.39, 0.29) is 0 Å². The SMILES string of the molecule is C[C@]1(c2ccccc2)NC(=O)N(NC(=O)COC(=O)c2ccc3[nH]c4c(c3c2)CCCC4)C1=O. The van der Waals surface area contributed by atoms with Gasteiger partial charge in [0, 0.05) is 16.6 Å². The number of rotatable bonds is 5. The Morgan fingerprint density at radius 2 is 1.85 bits per heavy atom. The largest absolute Gasteiger partial charge is 0.452 e. The first-order valence-electron chi connectivity index (χ1n) is 11.2. The molecule has 4 amide bonds. The number of urea groups is 1. The fourth-order valence-electron chi connectivity index (χ4n) is 4.61. The van der Waals surface area contributed by atoms with Crippen LogP contribution in [0, 0.1) is 0 Å². The van der Waals surface area contributed by atoms with E-state index in [2.05, 4.69) is 15.7 Å². The molecule has 1 aromatic heterocycles. The average molecular weight is 460 g/mol. The third-order valence-electron chi connectivity index (χ3n) is 6.45. The fraction of sp³-hybridized carbons (Fsp3) is 0.280. The Bertz CT molecular complexity index is 1320. The first-order valence-corrected chi connectivity index (χ1v) is 11.2. The number of carbonyl (C=O) groups is 4. The van der Waals surface area contributed by atoms with Gasteiger partial charge in [-0.2, -0.15) is 5.01 Å². The predicted molar refractivity (Wildman–Crippen MR) is 123 cm³/mol. The summed E-state index contributed by atoms with van der Waals surface area (Å²) in [5.41, 5.74) is 5.24. The highest BCUT2D eigenvalue weighted by Crippen LogP contribution is 2.30. The molecule has 1 saturated heterocycles. The molecule has 9 heteroatoms. The minimum absolute atomic E-state index is 0.333. The summed E-state index contributed by atoms with van der Waals surface area (Å²) in [7, 11) is 0. The van der Waals surface area contributed by atoms with Gasteiger partial charge in [0.25, 0.3) is 11.8 Å². The van der Waals surface area contributed by atoms with E-state index in [9.17, 15) is 19.2 Å². The van der Waals surface area contributed by atoms with Crippen LogP contribution in [0.5, 0.6) is 0 Å². The summed E-state index contributed by atoms with van der Waals surface area (Å²) in [6, 6.07) is 13.2. The van der Waals surface area contributed by atoms with Crippen LogP contribution in [-0.4, -0.2) is 40.4 Å². The molecule has 1 atom stereocenters. The van der Waals surface area contributed by atoms with Crippen LogP contribution >= 0.6 is 0 Å². The van der Waals surface area contributed by atoms with Crippen LogP contribution in [0.1, 0.15) is 46.9 Å². The smallest absolute Gasteiger partial charge is 0.344 e. The number of H-pyrrole nitrogens is 1. The molecule has 174 valence electrons. The lowest BCUT2D eigenvalue weighted by atomic mass is 9.92. The van der Waals surface area contributed by atoms with E-state index < -0.39 is 36.0 Å². The zero-order valence-electron chi connectivity index (χ0n) is 18.6. The third-order valence-corrected chi connectivity index (χ3v) is 6.45. The van der Waals surface area contributed by atoms with Crippen molar-refractivity contribution in [3.63, 3.8) is 0 Å². The Labute approximate surface area is 195 Å². The molecule has 0 unspecified atom stereocenters. The quantitative estimate of drug-likeness (QED) is 0.399. The highest BCUT2D eigenvalue weighted by atomic mass is 16.5. The van der Waals surface area contributed by atoms with Crippen LogP contribution in [0.3, 0.4) is 0 Å². The van der Waals surface area contributed by atoms with E-state index in [1.54, 1.807) is 49.4 Å². The molecule has 5 rings (SSSR count). The van der Waals surface area contributed by atoms with Crippen LogP contribution in [0.25, 0.3) is 10.9 Å². The maximum Gasteiger partial charge on any atom is 0.344 e. The van der Waals surface area contributed by atoms with Crippen LogP contribution in [0.2, 0.25) is 0 Å². The number of esters is 1. The van der Waals surface area contributed by atoms with Gasteiger partial charge in [-0.25, -0.2) is 9.59 Å². The molecule has 9 nitrogen and oxygen atoms in total. The van der Waals surface area contributed by atoms with Crippen molar-refractivity contribution in [3.8, 4) is 0 Å². The second kappa shape index (κ2) is 8.33. The summed E-state index contributed by atoms with van der Waals surface area (Å²) >= 11 is 0. The molecule has 1 fully saturated rings. The lowest BCUT2D eigenvalue weighted by Crippen LogP contribution is -2.49. The van der Waals surface area contributed by atoms with Gasteiger partial charge in [-0.1, -0.05) is 30.3 Å². The Kier molecular flexibility index (Phi) is 5.31. The first-order chi connectivity index (χ1) is 16.4. The molecule has 34 heavy (non-hydrogen) atoms. The Morgan fingerprint density at radius 1 is 1.09 bits per heavy atom. The third kappa shape index (κ3) is 3.68. The van der Waals surface area contributed by atoms with Crippen molar-refractivity contribution in [2.45, 2.75) is 38.1 Å². The number of benzene rings is 2. The second-order valence-electron chi connectivity index (χ2n) is 8.72. The monoisotopic (exact) mass is 460 g/mol. The summed E-state index contributed by atoms with van der Waals surface area (Å²) in [4.78, 5) is 53.6. The minimum atomic E-state index is -1.31. The lowest BCUT2D eigenvalue weighted by molar-refractivity contribution is -0.140. The average Bonchev–Trinajstić information content (AvgIpc) is 3.33. The normalized spacial score (nSPS) is 19.6. The molecular weight excluding hydrogens is 436 g/mol. The van der Waals surface area contributed by atoms with Crippen molar-refractivity contribution in [3.05, 3.63) is 70.9 Å². The van der Waals surface area contributed by atoms with E-state index in [1.165, 1.54) is 11.3 Å². The number of carbonyl (C=O) groups excluding carboxylic acids is 4. The van der Waals surface area contributed by atoms with Gasteiger partial charge < -0.3 is 15.0 Å². The number of imide groups is 1. The van der Waals surface area contributed by atoms with Crippen molar-refractivity contribution >= 4 is 34.7 Å². The molecule has 2 aromatic carbocycles. The first kappa shape index (κ1) is 21.7. The number of nitrogens with zero attached hydrogens (tertiary/aromatic N) is 1. The molecule has 1 aliphatic heterocycles. The molecule has 3 N–H and O–H groups in total. The highest BCUT2D eigenvalue weighted by Gasteiger charge is 2.50. The van der Waals surface area contributed by atoms with Gasteiger partial charge in [0.2, 0.25) is 0 Å². The summed E-state index contributed by atoms with van der Waals surface area (Å²) in [6.45, 7) is 0.922. The summed E-state index contributed by atoms with van der Waals surface area (Å²) in [5.74, 6) is -2.09. The highest BCUT2D eigenvalue weighted by molar-refractivity contribution is 6.08. The van der Waals surface area contributed by atoms with Crippen LogP contribution in [0.4, 0.5) is 4.79 Å². The van der Waals surface area contributed by atoms with Gasteiger partial charge in [0.15, 0.2) is 6.61 Å². The minimum Gasteiger partial charge on any atom is -0.452 e. The van der Waals surface area contributed by atoms with Gasteiger partial charge in [-0.05, 0) is 61.9 Å².